The van der Waals surface area contributed by atoms with Gasteiger partial charge in [-0.05, 0) is 53.3 Å². The maximum Gasteiger partial charge on any atom is 0.261 e. The quantitative estimate of drug-likeness (QED) is 0.385. The molecule has 4 aromatic rings. The van der Waals surface area contributed by atoms with Gasteiger partial charge in [0.25, 0.3) is 5.91 Å². The number of para-hydroxylation sites is 1. The van der Waals surface area contributed by atoms with E-state index in [2.05, 4.69) is 66.6 Å². The van der Waals surface area contributed by atoms with E-state index in [4.69, 9.17) is 0 Å². The third-order valence-corrected chi connectivity index (χ3v) is 6.51. The van der Waals surface area contributed by atoms with E-state index in [-0.39, 0.29) is 5.91 Å². The van der Waals surface area contributed by atoms with Crippen molar-refractivity contribution in [2.24, 2.45) is 0 Å². The standard InChI is InChI=1S/C28H27N3O/c1-3-19(2)20-12-14-24(15-13-20)31-18-23-9-5-11-25(26(23)28(31)32)30-17-22-8-4-7-21-10-6-16-29-27(21)22/h4-16,19,30H,3,17-18H2,1-2H3. The molecule has 1 aliphatic heterocycles. The Kier molecular flexibility index (Phi) is 5.36. The molecule has 160 valence electrons. The van der Waals surface area contributed by atoms with Crippen LogP contribution in [0.5, 0.6) is 0 Å². The summed E-state index contributed by atoms with van der Waals surface area (Å²) in [6.07, 6.45) is 2.93. The summed E-state index contributed by atoms with van der Waals surface area (Å²) in [5.41, 5.74) is 7.06. The fourth-order valence-corrected chi connectivity index (χ4v) is 4.44. The molecule has 3 aromatic carbocycles. The van der Waals surface area contributed by atoms with E-state index in [1.807, 2.05) is 41.4 Å². The van der Waals surface area contributed by atoms with E-state index in [0.29, 0.717) is 19.0 Å². The van der Waals surface area contributed by atoms with Crippen molar-refractivity contribution in [3.05, 3.63) is 101 Å². The molecule has 4 heteroatoms. The average molecular weight is 422 g/mol. The number of rotatable bonds is 6. The Hall–Kier alpha value is -3.66. The summed E-state index contributed by atoms with van der Waals surface area (Å²) < 4.78 is 0. The van der Waals surface area contributed by atoms with Gasteiger partial charge in [0.15, 0.2) is 0 Å². The lowest BCUT2D eigenvalue weighted by Crippen LogP contribution is -2.23. The third kappa shape index (κ3) is 3.62. The van der Waals surface area contributed by atoms with E-state index in [1.54, 1.807) is 0 Å². The van der Waals surface area contributed by atoms with Crippen molar-refractivity contribution in [2.75, 3.05) is 10.2 Å². The number of aromatic nitrogens is 1. The molecule has 1 amide bonds. The smallest absolute Gasteiger partial charge is 0.261 e. The van der Waals surface area contributed by atoms with Crippen LogP contribution < -0.4 is 10.2 Å². The summed E-state index contributed by atoms with van der Waals surface area (Å²) >= 11 is 0. The summed E-state index contributed by atoms with van der Waals surface area (Å²) in [5.74, 6) is 0.574. The van der Waals surface area contributed by atoms with E-state index >= 15 is 0 Å². The van der Waals surface area contributed by atoms with Gasteiger partial charge in [-0.25, -0.2) is 0 Å². The summed E-state index contributed by atoms with van der Waals surface area (Å²) in [4.78, 5) is 19.8. The molecular weight excluding hydrogens is 394 g/mol. The SMILES string of the molecule is CCC(C)c1ccc(N2Cc3cccc(NCc4cccc5cccnc45)c3C2=O)cc1. The van der Waals surface area contributed by atoms with Gasteiger partial charge in [-0.15, -0.1) is 0 Å². The molecule has 0 radical (unpaired) electrons. The van der Waals surface area contributed by atoms with Gasteiger partial charge in [-0.3, -0.25) is 9.78 Å². The van der Waals surface area contributed by atoms with Crippen LogP contribution in [0.4, 0.5) is 11.4 Å². The number of anilines is 2. The number of fused-ring (bicyclic) bond motifs is 2. The van der Waals surface area contributed by atoms with Gasteiger partial charge in [-0.2, -0.15) is 0 Å². The van der Waals surface area contributed by atoms with E-state index in [0.717, 1.165) is 45.4 Å². The zero-order chi connectivity index (χ0) is 22.1. The monoisotopic (exact) mass is 421 g/mol. The number of hydrogen-bond acceptors (Lipinski definition) is 3. The van der Waals surface area contributed by atoms with Gasteiger partial charge in [0.2, 0.25) is 0 Å². The highest BCUT2D eigenvalue weighted by Crippen LogP contribution is 2.34. The van der Waals surface area contributed by atoms with E-state index in [9.17, 15) is 4.79 Å². The topological polar surface area (TPSA) is 45.2 Å². The molecule has 0 fully saturated rings. The molecule has 0 saturated carbocycles. The number of carbonyl (C=O) groups excluding carboxylic acids is 1. The van der Waals surface area contributed by atoms with Gasteiger partial charge in [0, 0.05) is 29.5 Å². The van der Waals surface area contributed by atoms with Gasteiger partial charge < -0.3 is 10.2 Å². The second-order valence-corrected chi connectivity index (χ2v) is 8.48. The van der Waals surface area contributed by atoms with Crippen molar-refractivity contribution in [3.8, 4) is 0 Å². The summed E-state index contributed by atoms with van der Waals surface area (Å²) in [6, 6.07) is 24.7. The second-order valence-electron chi connectivity index (χ2n) is 8.48. The largest absolute Gasteiger partial charge is 0.380 e. The molecule has 1 aromatic heterocycles. The number of pyridine rings is 1. The number of nitrogens with zero attached hydrogens (tertiary/aromatic N) is 2. The molecule has 0 saturated heterocycles. The van der Waals surface area contributed by atoms with Crippen molar-refractivity contribution in [1.82, 2.24) is 4.98 Å². The summed E-state index contributed by atoms with van der Waals surface area (Å²) in [5, 5.41) is 4.62. The van der Waals surface area contributed by atoms with Crippen LogP contribution in [0.15, 0.2) is 79.0 Å². The van der Waals surface area contributed by atoms with Crippen LogP contribution in [-0.2, 0) is 13.1 Å². The first-order valence-electron chi connectivity index (χ1n) is 11.3. The zero-order valence-electron chi connectivity index (χ0n) is 18.5. The van der Waals surface area contributed by atoms with Crippen molar-refractivity contribution in [2.45, 2.75) is 39.3 Å². The maximum absolute atomic E-state index is 13.4. The first kappa shape index (κ1) is 20.3. The number of benzene rings is 3. The Labute approximate surface area is 188 Å². The predicted molar refractivity (Wildman–Crippen MR) is 131 cm³/mol. The maximum atomic E-state index is 13.4. The van der Waals surface area contributed by atoms with Crippen molar-refractivity contribution >= 4 is 28.2 Å². The minimum absolute atomic E-state index is 0.0513. The summed E-state index contributed by atoms with van der Waals surface area (Å²) in [6.45, 7) is 5.64. The number of hydrogen-bond donors (Lipinski definition) is 1. The Bertz CT molecular complexity index is 1270. The van der Waals surface area contributed by atoms with Crippen molar-refractivity contribution < 1.29 is 4.79 Å². The van der Waals surface area contributed by atoms with Gasteiger partial charge in [0.05, 0.1) is 17.6 Å². The van der Waals surface area contributed by atoms with Gasteiger partial charge in [0.1, 0.15) is 0 Å². The van der Waals surface area contributed by atoms with Crippen LogP contribution in [-0.4, -0.2) is 10.9 Å². The minimum Gasteiger partial charge on any atom is -0.380 e. The van der Waals surface area contributed by atoms with E-state index < -0.39 is 0 Å². The first-order valence-corrected chi connectivity index (χ1v) is 11.3. The van der Waals surface area contributed by atoms with E-state index in [1.165, 1.54) is 5.56 Å². The van der Waals surface area contributed by atoms with Crippen molar-refractivity contribution in [3.63, 3.8) is 0 Å². The number of amides is 1. The predicted octanol–water partition coefficient (Wildman–Crippen LogP) is 6.52. The van der Waals surface area contributed by atoms with Crippen LogP contribution in [0.1, 0.15) is 53.2 Å². The molecule has 0 bridgehead atoms. The van der Waals surface area contributed by atoms with Crippen LogP contribution in [0.3, 0.4) is 0 Å². The second kappa shape index (κ2) is 8.46. The van der Waals surface area contributed by atoms with Gasteiger partial charge in [-0.1, -0.05) is 62.4 Å². The Morgan fingerprint density at radius 2 is 1.78 bits per heavy atom. The van der Waals surface area contributed by atoms with Crippen molar-refractivity contribution in [1.29, 1.82) is 0 Å². The molecular formula is C28H27N3O. The molecule has 5 rings (SSSR count). The molecule has 1 unspecified atom stereocenters. The molecule has 4 nitrogen and oxygen atoms in total. The zero-order valence-corrected chi connectivity index (χ0v) is 18.5. The van der Waals surface area contributed by atoms with Crippen LogP contribution >= 0.6 is 0 Å². The van der Waals surface area contributed by atoms with Gasteiger partial charge >= 0.3 is 0 Å². The van der Waals surface area contributed by atoms with Crippen LogP contribution in [0.25, 0.3) is 10.9 Å². The summed E-state index contributed by atoms with van der Waals surface area (Å²) in [7, 11) is 0. The van der Waals surface area contributed by atoms with Crippen LogP contribution in [0.2, 0.25) is 0 Å². The normalized spacial score (nSPS) is 13.9. The lowest BCUT2D eigenvalue weighted by Gasteiger charge is -2.18. The Morgan fingerprint density at radius 3 is 2.59 bits per heavy atom. The minimum atomic E-state index is 0.0513. The van der Waals surface area contributed by atoms with Crippen LogP contribution in [0, 0.1) is 0 Å². The molecule has 2 heterocycles. The highest BCUT2D eigenvalue weighted by atomic mass is 16.2. The molecule has 0 spiro atoms. The molecule has 1 atom stereocenters. The molecule has 1 aliphatic rings. The average Bonchev–Trinajstić information content (AvgIpc) is 3.19. The molecule has 1 N–H and O–H groups in total. The molecule has 0 aliphatic carbocycles. The highest BCUT2D eigenvalue weighted by molar-refractivity contribution is 6.13. The molecule has 32 heavy (non-hydrogen) atoms. The fraction of sp³-hybridized carbons (Fsp3) is 0.214. The number of nitrogens with one attached hydrogen (secondary N) is 1. The lowest BCUT2D eigenvalue weighted by atomic mass is 9.98. The third-order valence-electron chi connectivity index (χ3n) is 6.51. The highest BCUT2D eigenvalue weighted by Gasteiger charge is 2.31. The lowest BCUT2D eigenvalue weighted by molar-refractivity contribution is 0.0997. The first-order chi connectivity index (χ1) is 15.7. The Morgan fingerprint density at radius 1 is 1.00 bits per heavy atom. The number of carbonyl (C=O) groups is 1. The Balaban J connectivity index is 1.39. The fourth-order valence-electron chi connectivity index (χ4n) is 4.44.